The molecule has 1 aliphatic heterocycles. The summed E-state index contributed by atoms with van der Waals surface area (Å²) >= 11 is 0. The van der Waals surface area contributed by atoms with Gasteiger partial charge in [-0.05, 0) is 32.0 Å². The van der Waals surface area contributed by atoms with E-state index in [1.54, 1.807) is 44.2 Å². The van der Waals surface area contributed by atoms with Crippen LogP contribution in [0.15, 0.2) is 48.5 Å². The molecule has 0 saturated carbocycles. The van der Waals surface area contributed by atoms with Gasteiger partial charge >= 0.3 is 5.69 Å². The first kappa shape index (κ1) is 17.4. The third kappa shape index (κ3) is 2.97. The number of nitrogens with one attached hydrogen (secondary N) is 1. The number of carbonyl (C=O) groups excluding carboxylic acids is 2. The summed E-state index contributed by atoms with van der Waals surface area (Å²) in [4.78, 5) is 37.0. The van der Waals surface area contributed by atoms with Crippen LogP contribution >= 0.6 is 0 Å². The molecule has 2 aromatic rings. The fraction of sp³-hybridized carbons (Fsp3) is 0.222. The number of hydrogen-bond donors (Lipinski definition) is 1. The molecule has 26 heavy (non-hydrogen) atoms. The van der Waals surface area contributed by atoms with Gasteiger partial charge in [0.15, 0.2) is 12.4 Å². The van der Waals surface area contributed by atoms with E-state index in [4.69, 9.17) is 4.74 Å². The van der Waals surface area contributed by atoms with Crippen molar-refractivity contribution in [2.24, 2.45) is 0 Å². The van der Waals surface area contributed by atoms with E-state index in [1.165, 1.54) is 23.1 Å². The molecule has 8 heteroatoms. The number of anilines is 2. The molecule has 3 rings (SSSR count). The first-order valence-electron chi connectivity index (χ1n) is 7.92. The van der Waals surface area contributed by atoms with Crippen LogP contribution in [0, 0.1) is 10.1 Å². The van der Waals surface area contributed by atoms with Gasteiger partial charge in [0.05, 0.1) is 16.3 Å². The maximum absolute atomic E-state index is 12.8. The van der Waals surface area contributed by atoms with Gasteiger partial charge in [-0.1, -0.05) is 24.3 Å². The van der Waals surface area contributed by atoms with E-state index in [2.05, 4.69) is 5.32 Å². The summed E-state index contributed by atoms with van der Waals surface area (Å²) in [6.07, 6.45) is 0. The van der Waals surface area contributed by atoms with Crippen molar-refractivity contribution in [3.05, 3.63) is 58.6 Å². The first-order chi connectivity index (χ1) is 12.3. The summed E-state index contributed by atoms with van der Waals surface area (Å²) in [7, 11) is 0. The molecule has 2 aromatic carbocycles. The van der Waals surface area contributed by atoms with Crippen molar-refractivity contribution < 1.29 is 19.2 Å². The van der Waals surface area contributed by atoms with E-state index in [0.29, 0.717) is 11.4 Å². The number of hydrogen-bond acceptors (Lipinski definition) is 5. The summed E-state index contributed by atoms with van der Waals surface area (Å²) in [5, 5.41) is 13.8. The highest BCUT2D eigenvalue weighted by molar-refractivity contribution is 6.14. The Morgan fingerprint density at radius 2 is 1.85 bits per heavy atom. The number of rotatable bonds is 4. The molecule has 0 aromatic heterocycles. The number of benzene rings is 2. The van der Waals surface area contributed by atoms with Gasteiger partial charge in [-0.15, -0.1) is 0 Å². The Kier molecular flexibility index (Phi) is 4.33. The molecular weight excluding hydrogens is 338 g/mol. The average molecular weight is 355 g/mol. The van der Waals surface area contributed by atoms with Crippen LogP contribution in [-0.4, -0.2) is 28.9 Å². The van der Waals surface area contributed by atoms with Crippen LogP contribution in [0.2, 0.25) is 0 Å². The van der Waals surface area contributed by atoms with E-state index in [-0.39, 0.29) is 17.3 Å². The Labute approximate surface area is 149 Å². The SMILES string of the molecule is CC1(C)C(=O)Nc2ccccc2N1C(=O)COc1ccccc1[N+](=O)[O-]. The zero-order valence-electron chi connectivity index (χ0n) is 14.3. The van der Waals surface area contributed by atoms with Crippen molar-refractivity contribution in [3.8, 4) is 5.75 Å². The van der Waals surface area contributed by atoms with Crippen molar-refractivity contribution >= 4 is 28.9 Å². The molecule has 1 N–H and O–H groups in total. The molecule has 0 atom stereocenters. The van der Waals surface area contributed by atoms with Gasteiger partial charge in [0, 0.05) is 6.07 Å². The molecule has 1 heterocycles. The third-order valence-electron chi connectivity index (χ3n) is 4.17. The highest BCUT2D eigenvalue weighted by Crippen LogP contribution is 2.37. The van der Waals surface area contributed by atoms with Crippen molar-refractivity contribution in [3.63, 3.8) is 0 Å². The minimum absolute atomic E-state index is 0.00148. The maximum atomic E-state index is 12.8. The minimum Gasteiger partial charge on any atom is -0.477 e. The van der Waals surface area contributed by atoms with Gasteiger partial charge in [0.1, 0.15) is 5.54 Å². The van der Waals surface area contributed by atoms with Crippen LogP contribution in [0.1, 0.15) is 13.8 Å². The van der Waals surface area contributed by atoms with Crippen LogP contribution in [0.4, 0.5) is 17.1 Å². The molecule has 0 bridgehead atoms. The lowest BCUT2D eigenvalue weighted by Crippen LogP contribution is -2.59. The molecule has 134 valence electrons. The summed E-state index contributed by atoms with van der Waals surface area (Å²) in [6, 6.07) is 12.8. The Bertz CT molecular complexity index is 894. The number of carbonyl (C=O) groups is 2. The molecule has 0 radical (unpaired) electrons. The van der Waals surface area contributed by atoms with Crippen LogP contribution in [-0.2, 0) is 9.59 Å². The largest absolute Gasteiger partial charge is 0.477 e. The predicted octanol–water partition coefficient (Wildman–Crippen LogP) is 2.74. The average Bonchev–Trinajstić information content (AvgIpc) is 2.60. The van der Waals surface area contributed by atoms with Crippen molar-refractivity contribution in [1.82, 2.24) is 0 Å². The second kappa shape index (κ2) is 6.47. The summed E-state index contributed by atoms with van der Waals surface area (Å²) in [5.74, 6) is -0.802. The highest BCUT2D eigenvalue weighted by atomic mass is 16.6. The van der Waals surface area contributed by atoms with E-state index in [9.17, 15) is 19.7 Å². The normalized spacial score (nSPS) is 15.0. The van der Waals surface area contributed by atoms with Crippen molar-refractivity contribution in [2.75, 3.05) is 16.8 Å². The van der Waals surface area contributed by atoms with Crippen LogP contribution in [0.3, 0.4) is 0 Å². The van der Waals surface area contributed by atoms with Gasteiger partial charge in [-0.2, -0.15) is 0 Å². The monoisotopic (exact) mass is 355 g/mol. The lowest BCUT2D eigenvalue weighted by molar-refractivity contribution is -0.385. The van der Waals surface area contributed by atoms with Crippen LogP contribution < -0.4 is 15.0 Å². The first-order valence-corrected chi connectivity index (χ1v) is 7.92. The van der Waals surface area contributed by atoms with E-state index < -0.39 is 23.0 Å². The Hall–Kier alpha value is -3.42. The quantitative estimate of drug-likeness (QED) is 0.671. The Balaban J connectivity index is 1.88. The molecule has 2 amide bonds. The van der Waals surface area contributed by atoms with E-state index in [0.717, 1.165) is 0 Å². The minimum atomic E-state index is -1.13. The zero-order valence-corrected chi connectivity index (χ0v) is 14.3. The highest BCUT2D eigenvalue weighted by Gasteiger charge is 2.43. The second-order valence-electron chi connectivity index (χ2n) is 6.27. The number of nitrogens with zero attached hydrogens (tertiary/aromatic N) is 2. The Morgan fingerprint density at radius 3 is 2.58 bits per heavy atom. The molecule has 0 fully saturated rings. The van der Waals surface area contributed by atoms with Crippen LogP contribution in [0.5, 0.6) is 5.75 Å². The van der Waals surface area contributed by atoms with Gasteiger partial charge in [0.25, 0.3) is 5.91 Å². The molecule has 8 nitrogen and oxygen atoms in total. The standard InChI is InChI=1S/C18H17N3O5/c1-18(2)17(23)19-12-7-3-4-8-13(12)20(18)16(22)11-26-15-10-6-5-9-14(15)21(24)25/h3-10H,11H2,1-2H3,(H,19,23). The summed E-state index contributed by atoms with van der Waals surface area (Å²) in [5.41, 5.74) is -0.280. The second-order valence-corrected chi connectivity index (χ2v) is 6.27. The predicted molar refractivity (Wildman–Crippen MR) is 95.2 cm³/mol. The maximum Gasteiger partial charge on any atom is 0.310 e. The number of para-hydroxylation sites is 4. The molecule has 1 aliphatic rings. The van der Waals surface area contributed by atoms with Gasteiger partial charge in [-0.3, -0.25) is 24.6 Å². The fourth-order valence-corrected chi connectivity index (χ4v) is 2.83. The third-order valence-corrected chi connectivity index (χ3v) is 4.17. The van der Waals surface area contributed by atoms with Gasteiger partial charge < -0.3 is 10.1 Å². The smallest absolute Gasteiger partial charge is 0.310 e. The molecule has 0 aliphatic carbocycles. The number of nitro groups is 1. The van der Waals surface area contributed by atoms with Crippen molar-refractivity contribution in [1.29, 1.82) is 0 Å². The number of fused-ring (bicyclic) bond motifs is 1. The number of amides is 2. The topological polar surface area (TPSA) is 102 Å². The molecule has 0 saturated heterocycles. The van der Waals surface area contributed by atoms with Gasteiger partial charge in [0.2, 0.25) is 5.91 Å². The summed E-state index contributed by atoms with van der Waals surface area (Å²) in [6.45, 7) is 2.82. The number of ether oxygens (including phenoxy) is 1. The van der Waals surface area contributed by atoms with E-state index >= 15 is 0 Å². The fourth-order valence-electron chi connectivity index (χ4n) is 2.83. The van der Waals surface area contributed by atoms with Gasteiger partial charge in [-0.25, -0.2) is 0 Å². The lowest BCUT2D eigenvalue weighted by atomic mass is 9.96. The summed E-state index contributed by atoms with van der Waals surface area (Å²) < 4.78 is 5.39. The zero-order chi connectivity index (χ0) is 18.9. The number of nitro benzene ring substituents is 1. The molecule has 0 unspecified atom stereocenters. The van der Waals surface area contributed by atoms with E-state index in [1.807, 2.05) is 0 Å². The van der Waals surface area contributed by atoms with Crippen molar-refractivity contribution in [2.45, 2.75) is 19.4 Å². The molecule has 0 spiro atoms. The molecular formula is C18H17N3O5. The Morgan fingerprint density at radius 1 is 1.19 bits per heavy atom. The van der Waals surface area contributed by atoms with Crippen LogP contribution in [0.25, 0.3) is 0 Å². The lowest BCUT2D eigenvalue weighted by Gasteiger charge is -2.41.